The van der Waals surface area contributed by atoms with Crippen molar-refractivity contribution < 1.29 is 13.9 Å². The fourth-order valence-electron chi connectivity index (χ4n) is 3.90. The second-order valence-electron chi connectivity index (χ2n) is 7.49. The Morgan fingerprint density at radius 3 is 2.66 bits per heavy atom. The van der Waals surface area contributed by atoms with Gasteiger partial charge in [-0.25, -0.2) is 9.07 Å². The highest BCUT2D eigenvalue weighted by atomic mass is 19.1. The van der Waals surface area contributed by atoms with Crippen LogP contribution in [0.1, 0.15) is 39.9 Å². The molecular formula is C22H23FN4O2. The van der Waals surface area contributed by atoms with Crippen LogP contribution in [0.2, 0.25) is 0 Å². The summed E-state index contributed by atoms with van der Waals surface area (Å²) in [5.41, 5.74) is 11.6. The normalized spacial score (nSPS) is 16.3. The van der Waals surface area contributed by atoms with E-state index in [2.05, 4.69) is 4.98 Å². The molecule has 1 amide bonds. The number of hydrogen-bond donors (Lipinski definition) is 1. The molecule has 7 heteroatoms. The monoisotopic (exact) mass is 394 g/mol. The smallest absolute Gasteiger partial charge is 0.251 e. The Hall–Kier alpha value is -3.06. The first-order valence-corrected chi connectivity index (χ1v) is 9.61. The van der Waals surface area contributed by atoms with Crippen molar-refractivity contribution in [2.45, 2.75) is 39.7 Å². The zero-order valence-electron chi connectivity index (χ0n) is 16.7. The number of hydrogen-bond acceptors (Lipinski definition) is 4. The van der Waals surface area contributed by atoms with Gasteiger partial charge in [-0.3, -0.25) is 9.78 Å². The number of amides is 1. The Labute approximate surface area is 168 Å². The molecule has 0 saturated carbocycles. The van der Waals surface area contributed by atoms with Crippen LogP contribution in [0.15, 0.2) is 30.3 Å². The van der Waals surface area contributed by atoms with E-state index < -0.39 is 11.7 Å². The number of nitrogens with two attached hydrogens (primary N) is 1. The number of rotatable bonds is 3. The zero-order chi connectivity index (χ0) is 20.7. The topological polar surface area (TPSA) is 83.0 Å². The lowest BCUT2D eigenvalue weighted by atomic mass is 10.0. The summed E-state index contributed by atoms with van der Waals surface area (Å²) < 4.78 is 21.7. The summed E-state index contributed by atoms with van der Waals surface area (Å²) in [6.07, 6.45) is 1.41. The van der Waals surface area contributed by atoms with Gasteiger partial charge in [0.1, 0.15) is 5.82 Å². The Balaban J connectivity index is 1.94. The van der Waals surface area contributed by atoms with Crippen LogP contribution in [0, 0.1) is 19.7 Å². The Bertz CT molecular complexity index is 1090. The van der Waals surface area contributed by atoms with E-state index in [1.165, 1.54) is 12.1 Å². The van der Waals surface area contributed by atoms with Crippen LogP contribution < -0.4 is 5.73 Å². The third-order valence-electron chi connectivity index (χ3n) is 5.14. The van der Waals surface area contributed by atoms with E-state index >= 15 is 0 Å². The molecule has 1 aliphatic rings. The van der Waals surface area contributed by atoms with E-state index in [0.717, 1.165) is 40.3 Å². The van der Waals surface area contributed by atoms with Gasteiger partial charge in [-0.05, 0) is 57.5 Å². The number of primary amides is 1. The lowest BCUT2D eigenvalue weighted by molar-refractivity contribution is 0.0735. The summed E-state index contributed by atoms with van der Waals surface area (Å²) >= 11 is 0. The van der Waals surface area contributed by atoms with Gasteiger partial charge in [0.15, 0.2) is 0 Å². The first-order chi connectivity index (χ1) is 13.8. The van der Waals surface area contributed by atoms with E-state index in [1.54, 1.807) is 10.7 Å². The molecule has 2 N–H and O–H groups in total. The van der Waals surface area contributed by atoms with Gasteiger partial charge in [0.05, 0.1) is 35.3 Å². The van der Waals surface area contributed by atoms with Gasteiger partial charge in [0, 0.05) is 28.9 Å². The summed E-state index contributed by atoms with van der Waals surface area (Å²) in [5, 5.41) is 4.88. The van der Waals surface area contributed by atoms with Crippen molar-refractivity contribution >= 4 is 5.91 Å². The fourth-order valence-corrected chi connectivity index (χ4v) is 3.90. The number of nitrogens with zero attached hydrogens (tertiary/aromatic N) is 3. The van der Waals surface area contributed by atoms with Crippen molar-refractivity contribution in [3.8, 4) is 16.9 Å². The van der Waals surface area contributed by atoms with Gasteiger partial charge < -0.3 is 10.5 Å². The molecule has 6 nitrogen and oxygen atoms in total. The highest BCUT2D eigenvalue weighted by molar-refractivity contribution is 5.93. The minimum absolute atomic E-state index is 0.0246. The molecule has 0 unspecified atom stereocenters. The molecule has 0 aliphatic carbocycles. The Morgan fingerprint density at radius 1 is 1.24 bits per heavy atom. The molecule has 0 bridgehead atoms. The predicted octanol–water partition coefficient (Wildman–Crippen LogP) is 3.29. The Kier molecular flexibility index (Phi) is 4.92. The molecule has 1 atom stereocenters. The maximum absolute atomic E-state index is 14.0. The molecule has 29 heavy (non-hydrogen) atoms. The van der Waals surface area contributed by atoms with Crippen molar-refractivity contribution in [1.82, 2.24) is 14.8 Å². The van der Waals surface area contributed by atoms with Crippen LogP contribution in [0.25, 0.3) is 16.9 Å². The molecular weight excluding hydrogens is 371 g/mol. The average molecular weight is 394 g/mol. The largest absolute Gasteiger partial charge is 0.378 e. The summed E-state index contributed by atoms with van der Waals surface area (Å²) in [4.78, 5) is 16.1. The number of aromatic nitrogens is 3. The van der Waals surface area contributed by atoms with Gasteiger partial charge in [-0.15, -0.1) is 0 Å². The van der Waals surface area contributed by atoms with Gasteiger partial charge in [-0.1, -0.05) is 0 Å². The average Bonchev–Trinajstić information content (AvgIpc) is 2.88. The fraction of sp³-hybridized carbons (Fsp3) is 0.318. The highest BCUT2D eigenvalue weighted by Gasteiger charge is 2.25. The number of ether oxygens (including phenoxy) is 1. The van der Waals surface area contributed by atoms with Crippen LogP contribution in [0.4, 0.5) is 4.39 Å². The van der Waals surface area contributed by atoms with E-state index in [4.69, 9.17) is 15.6 Å². The molecule has 0 spiro atoms. The third-order valence-corrected chi connectivity index (χ3v) is 5.14. The van der Waals surface area contributed by atoms with Gasteiger partial charge in [0.25, 0.3) is 5.91 Å². The molecule has 1 aromatic carbocycles. The summed E-state index contributed by atoms with van der Waals surface area (Å²) in [6, 6.07) is 8.33. The van der Waals surface area contributed by atoms with E-state index in [-0.39, 0.29) is 11.7 Å². The molecule has 3 aromatic rings. The number of aryl methyl sites for hydroxylation is 2. The number of fused-ring (bicyclic) bond motifs is 1. The molecule has 1 aliphatic heterocycles. The summed E-state index contributed by atoms with van der Waals surface area (Å²) in [5.74, 6) is -1.45. The molecule has 0 fully saturated rings. The maximum atomic E-state index is 14.0. The number of carbonyl (C=O) groups is 1. The number of benzene rings is 1. The lowest BCUT2D eigenvalue weighted by Crippen LogP contribution is -2.16. The predicted molar refractivity (Wildman–Crippen MR) is 108 cm³/mol. The van der Waals surface area contributed by atoms with Crippen molar-refractivity contribution in [1.29, 1.82) is 0 Å². The van der Waals surface area contributed by atoms with E-state index in [1.807, 2.05) is 32.9 Å². The highest BCUT2D eigenvalue weighted by Crippen LogP contribution is 2.32. The van der Waals surface area contributed by atoms with Crippen molar-refractivity contribution in [3.05, 3.63) is 64.4 Å². The van der Waals surface area contributed by atoms with Crippen LogP contribution >= 0.6 is 0 Å². The van der Waals surface area contributed by atoms with Gasteiger partial charge in [-0.2, -0.15) is 5.10 Å². The quantitative estimate of drug-likeness (QED) is 0.739. The van der Waals surface area contributed by atoms with Crippen LogP contribution in [0.5, 0.6) is 0 Å². The zero-order valence-corrected chi connectivity index (χ0v) is 16.7. The van der Waals surface area contributed by atoms with Gasteiger partial charge >= 0.3 is 0 Å². The molecule has 0 radical (unpaired) electrons. The van der Waals surface area contributed by atoms with Crippen LogP contribution in [-0.2, 0) is 17.6 Å². The number of pyridine rings is 1. The lowest BCUT2D eigenvalue weighted by Gasteiger charge is -2.12. The van der Waals surface area contributed by atoms with Crippen LogP contribution in [-0.4, -0.2) is 33.4 Å². The SMILES string of the molecule is Cc1cc(-c2nn(-c3ccc(F)c(C(N)=O)c3)c3c2CCO[C@H](C)C3)cc(C)n1. The minimum Gasteiger partial charge on any atom is -0.378 e. The molecule has 4 rings (SSSR count). The van der Waals surface area contributed by atoms with E-state index in [0.29, 0.717) is 18.7 Å². The van der Waals surface area contributed by atoms with Crippen LogP contribution in [0.3, 0.4) is 0 Å². The summed E-state index contributed by atoms with van der Waals surface area (Å²) in [6.45, 7) is 6.53. The summed E-state index contributed by atoms with van der Waals surface area (Å²) in [7, 11) is 0. The maximum Gasteiger partial charge on any atom is 0.251 e. The van der Waals surface area contributed by atoms with Crippen molar-refractivity contribution in [2.75, 3.05) is 6.61 Å². The van der Waals surface area contributed by atoms with Gasteiger partial charge in [0.2, 0.25) is 0 Å². The minimum atomic E-state index is -0.806. The van der Waals surface area contributed by atoms with E-state index in [9.17, 15) is 9.18 Å². The first kappa shape index (κ1) is 19.3. The molecule has 2 aromatic heterocycles. The second-order valence-corrected chi connectivity index (χ2v) is 7.49. The third kappa shape index (κ3) is 3.65. The standard InChI is InChI=1S/C22H23FN4O2/c1-12-8-15(9-13(2)25-12)21-17-6-7-29-14(3)10-20(17)27(26-21)16-4-5-19(23)18(11-16)22(24)28/h4-5,8-9,11,14H,6-7,10H2,1-3H3,(H2,24,28)/t14-/m1/s1. The second kappa shape index (κ2) is 7.40. The van der Waals surface area contributed by atoms with Crippen molar-refractivity contribution in [2.24, 2.45) is 5.73 Å². The number of carbonyl (C=O) groups excluding carboxylic acids is 1. The number of halogens is 1. The van der Waals surface area contributed by atoms with Crippen molar-refractivity contribution in [3.63, 3.8) is 0 Å². The molecule has 150 valence electrons. The molecule has 3 heterocycles. The molecule has 0 saturated heterocycles. The Morgan fingerprint density at radius 2 is 1.97 bits per heavy atom. The first-order valence-electron chi connectivity index (χ1n) is 9.61.